The van der Waals surface area contributed by atoms with E-state index in [0.717, 1.165) is 22.7 Å². The zero-order valence-electron chi connectivity index (χ0n) is 8.00. The summed E-state index contributed by atoms with van der Waals surface area (Å²) in [5.41, 5.74) is 0.386. The molecule has 1 aromatic carbocycles. The van der Waals surface area contributed by atoms with Crippen LogP contribution in [0, 0.1) is 11.6 Å². The third kappa shape index (κ3) is 1.69. The first-order chi connectivity index (χ1) is 6.89. The molecular formula is C9H9F2NO2S. The van der Waals surface area contributed by atoms with Gasteiger partial charge in [0.05, 0.1) is 11.9 Å². The first kappa shape index (κ1) is 10.4. The van der Waals surface area contributed by atoms with Gasteiger partial charge in [0.2, 0.25) is 10.0 Å². The Hall–Kier alpha value is -1.17. The molecule has 0 spiro atoms. The van der Waals surface area contributed by atoms with Crippen molar-refractivity contribution in [2.24, 2.45) is 0 Å². The molecule has 0 saturated carbocycles. The van der Waals surface area contributed by atoms with E-state index in [1.54, 1.807) is 0 Å². The van der Waals surface area contributed by atoms with Gasteiger partial charge in [0, 0.05) is 18.2 Å². The molecule has 3 nitrogen and oxygen atoms in total. The first-order valence-corrected chi connectivity index (χ1v) is 6.20. The minimum Gasteiger partial charge on any atom is -0.270 e. The van der Waals surface area contributed by atoms with E-state index in [1.807, 2.05) is 0 Å². The summed E-state index contributed by atoms with van der Waals surface area (Å²) < 4.78 is 49.8. The van der Waals surface area contributed by atoms with Crippen molar-refractivity contribution in [3.05, 3.63) is 29.3 Å². The highest BCUT2D eigenvalue weighted by Crippen LogP contribution is 2.32. The summed E-state index contributed by atoms with van der Waals surface area (Å²) in [6.45, 7) is 0.175. The van der Waals surface area contributed by atoms with Gasteiger partial charge in [0.25, 0.3) is 0 Å². The van der Waals surface area contributed by atoms with E-state index >= 15 is 0 Å². The highest BCUT2D eigenvalue weighted by atomic mass is 32.2. The van der Waals surface area contributed by atoms with Gasteiger partial charge in [0.15, 0.2) is 0 Å². The number of anilines is 1. The van der Waals surface area contributed by atoms with E-state index in [4.69, 9.17) is 0 Å². The standard InChI is InChI=1S/C9H9F2NO2S/c1-15(13,14)12-3-2-7-8(11)4-6(10)5-9(7)12/h4-5H,2-3H2,1H3. The Labute approximate surface area is 86.4 Å². The second-order valence-corrected chi connectivity index (χ2v) is 5.38. The molecule has 1 aliphatic rings. The zero-order valence-corrected chi connectivity index (χ0v) is 8.81. The minimum absolute atomic E-state index is 0.120. The van der Waals surface area contributed by atoms with Crippen molar-refractivity contribution in [1.29, 1.82) is 0 Å². The molecule has 6 heteroatoms. The molecule has 0 unspecified atom stereocenters. The Kier molecular flexibility index (Phi) is 2.18. The van der Waals surface area contributed by atoms with Crippen molar-refractivity contribution < 1.29 is 17.2 Å². The van der Waals surface area contributed by atoms with Crippen LogP contribution in [0.2, 0.25) is 0 Å². The molecule has 0 saturated heterocycles. The summed E-state index contributed by atoms with van der Waals surface area (Å²) in [5, 5.41) is 0. The van der Waals surface area contributed by atoms with Crippen LogP contribution < -0.4 is 4.31 Å². The van der Waals surface area contributed by atoms with Crippen LogP contribution in [0.15, 0.2) is 12.1 Å². The van der Waals surface area contributed by atoms with Crippen LogP contribution in [0.3, 0.4) is 0 Å². The van der Waals surface area contributed by atoms with Crippen molar-refractivity contribution in [3.8, 4) is 0 Å². The summed E-state index contributed by atoms with van der Waals surface area (Å²) >= 11 is 0. The molecule has 0 amide bonds. The fraction of sp³-hybridized carbons (Fsp3) is 0.333. The van der Waals surface area contributed by atoms with Crippen LogP contribution in [0.25, 0.3) is 0 Å². The smallest absolute Gasteiger partial charge is 0.232 e. The SMILES string of the molecule is CS(=O)(=O)N1CCc2c(F)cc(F)cc21. The molecule has 82 valence electrons. The highest BCUT2D eigenvalue weighted by molar-refractivity contribution is 7.92. The largest absolute Gasteiger partial charge is 0.270 e. The second-order valence-electron chi connectivity index (χ2n) is 3.47. The van der Waals surface area contributed by atoms with Crippen molar-refractivity contribution in [2.75, 3.05) is 17.1 Å². The van der Waals surface area contributed by atoms with Gasteiger partial charge in [-0.25, -0.2) is 17.2 Å². The second kappa shape index (κ2) is 3.16. The lowest BCUT2D eigenvalue weighted by Gasteiger charge is -2.16. The average Bonchev–Trinajstić information content (AvgIpc) is 2.45. The molecule has 0 N–H and O–H groups in total. The summed E-state index contributed by atoms with van der Waals surface area (Å²) in [7, 11) is -3.45. The van der Waals surface area contributed by atoms with Gasteiger partial charge in [-0.05, 0) is 12.5 Å². The monoisotopic (exact) mass is 233 g/mol. The van der Waals surface area contributed by atoms with Crippen molar-refractivity contribution in [2.45, 2.75) is 6.42 Å². The van der Waals surface area contributed by atoms with E-state index in [2.05, 4.69) is 0 Å². The van der Waals surface area contributed by atoms with Gasteiger partial charge in [-0.15, -0.1) is 0 Å². The summed E-state index contributed by atoms with van der Waals surface area (Å²) in [5.74, 6) is -1.45. The molecule has 15 heavy (non-hydrogen) atoms. The van der Waals surface area contributed by atoms with Gasteiger partial charge < -0.3 is 0 Å². The molecule has 0 aliphatic carbocycles. The lowest BCUT2D eigenvalue weighted by Crippen LogP contribution is -2.27. The quantitative estimate of drug-likeness (QED) is 0.733. The van der Waals surface area contributed by atoms with Crippen molar-refractivity contribution in [3.63, 3.8) is 0 Å². The molecule has 0 atom stereocenters. The van der Waals surface area contributed by atoms with Crippen molar-refractivity contribution in [1.82, 2.24) is 0 Å². The van der Waals surface area contributed by atoms with E-state index in [-0.39, 0.29) is 24.2 Å². The van der Waals surface area contributed by atoms with Gasteiger partial charge in [-0.1, -0.05) is 0 Å². The maximum absolute atomic E-state index is 13.3. The summed E-state index contributed by atoms with van der Waals surface area (Å²) in [4.78, 5) is 0. The zero-order chi connectivity index (χ0) is 11.2. The maximum Gasteiger partial charge on any atom is 0.232 e. The summed E-state index contributed by atoms with van der Waals surface area (Å²) in [6, 6.07) is 1.82. The number of hydrogen-bond acceptors (Lipinski definition) is 2. The normalized spacial score (nSPS) is 15.5. The van der Waals surface area contributed by atoms with E-state index < -0.39 is 21.7 Å². The molecule has 2 rings (SSSR count). The lowest BCUT2D eigenvalue weighted by molar-refractivity contribution is 0.577. The predicted molar refractivity (Wildman–Crippen MR) is 52.3 cm³/mol. The third-order valence-corrected chi connectivity index (χ3v) is 3.55. The molecule has 0 fully saturated rings. The van der Waals surface area contributed by atoms with Crippen LogP contribution in [0.5, 0.6) is 0 Å². The third-order valence-electron chi connectivity index (χ3n) is 2.37. The number of benzene rings is 1. The van der Waals surface area contributed by atoms with Gasteiger partial charge in [-0.3, -0.25) is 4.31 Å². The number of fused-ring (bicyclic) bond motifs is 1. The fourth-order valence-corrected chi connectivity index (χ4v) is 2.68. The van der Waals surface area contributed by atoms with Crippen LogP contribution in [-0.4, -0.2) is 21.2 Å². The minimum atomic E-state index is -3.45. The molecule has 1 heterocycles. The average molecular weight is 233 g/mol. The number of nitrogens with zero attached hydrogens (tertiary/aromatic N) is 1. The van der Waals surface area contributed by atoms with Crippen LogP contribution >= 0.6 is 0 Å². The first-order valence-electron chi connectivity index (χ1n) is 4.35. The van der Waals surface area contributed by atoms with Crippen molar-refractivity contribution >= 4 is 15.7 Å². The molecular weight excluding hydrogens is 224 g/mol. The van der Waals surface area contributed by atoms with E-state index in [1.165, 1.54) is 0 Å². The number of rotatable bonds is 1. The molecule has 0 radical (unpaired) electrons. The van der Waals surface area contributed by atoms with E-state index in [0.29, 0.717) is 0 Å². The fourth-order valence-electron chi connectivity index (χ4n) is 1.74. The number of halogens is 2. The topological polar surface area (TPSA) is 37.4 Å². The van der Waals surface area contributed by atoms with Crippen LogP contribution in [0.1, 0.15) is 5.56 Å². The highest BCUT2D eigenvalue weighted by Gasteiger charge is 2.28. The van der Waals surface area contributed by atoms with Crippen LogP contribution in [0.4, 0.5) is 14.5 Å². The van der Waals surface area contributed by atoms with Gasteiger partial charge in [-0.2, -0.15) is 0 Å². The Morgan fingerprint density at radius 3 is 2.60 bits per heavy atom. The summed E-state index contributed by atoms with van der Waals surface area (Å²) in [6.07, 6.45) is 1.30. The van der Waals surface area contributed by atoms with Gasteiger partial charge in [0.1, 0.15) is 11.6 Å². The molecule has 1 aromatic rings. The maximum atomic E-state index is 13.3. The predicted octanol–water partition coefficient (Wildman–Crippen LogP) is 1.29. The lowest BCUT2D eigenvalue weighted by atomic mass is 10.1. The molecule has 0 aromatic heterocycles. The molecule has 0 bridgehead atoms. The Morgan fingerprint density at radius 2 is 2.00 bits per heavy atom. The van der Waals surface area contributed by atoms with Gasteiger partial charge >= 0.3 is 0 Å². The molecule has 1 aliphatic heterocycles. The number of sulfonamides is 1. The van der Waals surface area contributed by atoms with Crippen LogP contribution in [-0.2, 0) is 16.4 Å². The number of hydrogen-bond donors (Lipinski definition) is 0. The Bertz CT molecular complexity index is 513. The Balaban J connectivity index is 2.61. The van der Waals surface area contributed by atoms with E-state index in [9.17, 15) is 17.2 Å². The Morgan fingerprint density at radius 1 is 1.33 bits per heavy atom.